The van der Waals surface area contributed by atoms with Crippen molar-refractivity contribution >= 4 is 23.8 Å². The highest BCUT2D eigenvalue weighted by molar-refractivity contribution is 7.99. The predicted molar refractivity (Wildman–Crippen MR) is 78.2 cm³/mol. The third-order valence-electron chi connectivity index (χ3n) is 3.14. The molecule has 0 saturated carbocycles. The molecule has 0 radical (unpaired) electrons. The van der Waals surface area contributed by atoms with Crippen LogP contribution in [-0.4, -0.2) is 29.0 Å². The number of hydrogen-bond donors (Lipinski definition) is 1. The third-order valence-corrected chi connectivity index (χ3v) is 4.69. The largest absolute Gasteiger partial charge is 0.478 e. The Kier molecular flexibility index (Phi) is 5.05. The first kappa shape index (κ1) is 14.2. The van der Waals surface area contributed by atoms with Gasteiger partial charge in [0.05, 0.1) is 6.10 Å². The maximum Gasteiger partial charge on any atom is 0.328 e. The lowest BCUT2D eigenvalue weighted by Crippen LogP contribution is -2.13. The number of rotatable bonds is 5. The smallest absolute Gasteiger partial charge is 0.328 e. The van der Waals surface area contributed by atoms with Gasteiger partial charge in [-0.25, -0.2) is 4.79 Å². The molecule has 1 saturated heterocycles. The van der Waals surface area contributed by atoms with Gasteiger partial charge in [0.2, 0.25) is 0 Å². The molecule has 2 atom stereocenters. The topological polar surface area (TPSA) is 46.5 Å². The van der Waals surface area contributed by atoms with Gasteiger partial charge in [-0.1, -0.05) is 24.3 Å². The van der Waals surface area contributed by atoms with E-state index in [9.17, 15) is 4.79 Å². The Hall–Kier alpha value is -1.26. The van der Waals surface area contributed by atoms with E-state index in [1.165, 1.54) is 11.6 Å². The summed E-state index contributed by atoms with van der Waals surface area (Å²) in [5.41, 5.74) is 2.15. The molecule has 0 aliphatic carbocycles. The minimum Gasteiger partial charge on any atom is -0.478 e. The van der Waals surface area contributed by atoms with E-state index in [-0.39, 0.29) is 0 Å². The summed E-state index contributed by atoms with van der Waals surface area (Å²) >= 11 is 1.91. The van der Waals surface area contributed by atoms with Gasteiger partial charge in [-0.2, -0.15) is 11.8 Å². The van der Waals surface area contributed by atoms with Crippen LogP contribution >= 0.6 is 11.8 Å². The van der Waals surface area contributed by atoms with Gasteiger partial charge in [-0.05, 0) is 30.5 Å². The van der Waals surface area contributed by atoms with E-state index in [4.69, 9.17) is 9.84 Å². The number of carboxylic acids is 1. The summed E-state index contributed by atoms with van der Waals surface area (Å²) in [5, 5.41) is 9.18. The van der Waals surface area contributed by atoms with Crippen molar-refractivity contribution in [1.29, 1.82) is 0 Å². The van der Waals surface area contributed by atoms with Gasteiger partial charge in [0.15, 0.2) is 0 Å². The molecule has 2 unspecified atom stereocenters. The zero-order valence-corrected chi connectivity index (χ0v) is 11.7. The molecular formula is C15H18O3S. The van der Waals surface area contributed by atoms with Crippen molar-refractivity contribution < 1.29 is 14.6 Å². The number of carbonyl (C=O) groups is 1. The maximum atomic E-state index is 10.5. The predicted octanol–water partition coefficient (Wildman–Crippen LogP) is 3.20. The zero-order chi connectivity index (χ0) is 13.7. The summed E-state index contributed by atoms with van der Waals surface area (Å²) < 4.78 is 5.55. The molecule has 1 aromatic rings. The lowest BCUT2D eigenvalue weighted by molar-refractivity contribution is -0.131. The number of thioether (sulfide) groups is 1. The van der Waals surface area contributed by atoms with Crippen LogP contribution in [0.1, 0.15) is 24.5 Å². The molecule has 1 N–H and O–H groups in total. The van der Waals surface area contributed by atoms with E-state index in [0.29, 0.717) is 11.4 Å². The van der Waals surface area contributed by atoms with Crippen LogP contribution < -0.4 is 0 Å². The van der Waals surface area contributed by atoms with Crippen LogP contribution in [-0.2, 0) is 15.3 Å². The maximum absolute atomic E-state index is 10.5. The quantitative estimate of drug-likeness (QED) is 0.840. The average Bonchev–Trinajstić information content (AvgIpc) is 2.80. The number of carboxylic acid groups (broad SMARTS) is 1. The van der Waals surface area contributed by atoms with E-state index in [0.717, 1.165) is 24.3 Å². The molecule has 1 fully saturated rings. The lowest BCUT2D eigenvalue weighted by Gasteiger charge is -2.13. The molecule has 1 aromatic carbocycles. The normalized spacial score (nSPS) is 23.0. The number of aliphatic carboxylic acids is 1. The zero-order valence-electron chi connectivity index (χ0n) is 10.9. The van der Waals surface area contributed by atoms with Gasteiger partial charge in [-0.3, -0.25) is 0 Å². The standard InChI is InChI=1S/C15H18O3S/c1-11-14(7-8-18-11)19-10-13-4-2-3-12(9-13)5-6-15(16)17/h2-6,9,11,14H,7-8,10H2,1H3,(H,16,17)/b6-5+. The molecule has 19 heavy (non-hydrogen) atoms. The van der Waals surface area contributed by atoms with E-state index >= 15 is 0 Å². The van der Waals surface area contributed by atoms with Crippen molar-refractivity contribution in [3.8, 4) is 0 Å². The van der Waals surface area contributed by atoms with Crippen LogP contribution in [0.25, 0.3) is 6.08 Å². The highest BCUT2D eigenvalue weighted by Crippen LogP contribution is 2.29. The van der Waals surface area contributed by atoms with Crippen molar-refractivity contribution in [2.75, 3.05) is 6.61 Å². The van der Waals surface area contributed by atoms with Crippen molar-refractivity contribution in [2.45, 2.75) is 30.5 Å². The molecular weight excluding hydrogens is 260 g/mol. The summed E-state index contributed by atoms with van der Waals surface area (Å²) in [4.78, 5) is 10.5. The van der Waals surface area contributed by atoms with Gasteiger partial charge in [0.25, 0.3) is 0 Å². The van der Waals surface area contributed by atoms with Gasteiger partial charge < -0.3 is 9.84 Å². The Bertz CT molecular complexity index is 470. The molecule has 1 aliphatic heterocycles. The van der Waals surface area contributed by atoms with Crippen LogP contribution in [0.4, 0.5) is 0 Å². The van der Waals surface area contributed by atoms with Crippen molar-refractivity contribution in [1.82, 2.24) is 0 Å². The van der Waals surface area contributed by atoms with Gasteiger partial charge in [0, 0.05) is 23.7 Å². The fourth-order valence-electron chi connectivity index (χ4n) is 2.09. The van der Waals surface area contributed by atoms with Gasteiger partial charge >= 0.3 is 5.97 Å². The van der Waals surface area contributed by atoms with E-state index < -0.39 is 5.97 Å². The first-order chi connectivity index (χ1) is 9.15. The average molecular weight is 278 g/mol. The first-order valence-corrected chi connectivity index (χ1v) is 7.43. The molecule has 2 rings (SSSR count). The summed E-state index contributed by atoms with van der Waals surface area (Å²) in [5.74, 6) is 0.0179. The molecule has 3 nitrogen and oxygen atoms in total. The second-order valence-electron chi connectivity index (χ2n) is 4.63. The van der Waals surface area contributed by atoms with Crippen molar-refractivity contribution in [3.05, 3.63) is 41.5 Å². The Morgan fingerprint density at radius 1 is 1.58 bits per heavy atom. The second kappa shape index (κ2) is 6.78. The molecule has 0 amide bonds. The Morgan fingerprint density at radius 2 is 2.42 bits per heavy atom. The van der Waals surface area contributed by atoms with E-state index in [1.807, 2.05) is 30.0 Å². The molecule has 0 bridgehead atoms. The Labute approximate surface area is 117 Å². The third kappa shape index (κ3) is 4.40. The number of benzene rings is 1. The highest BCUT2D eigenvalue weighted by Gasteiger charge is 2.24. The summed E-state index contributed by atoms with van der Waals surface area (Å²) in [6.07, 6.45) is 4.24. The van der Waals surface area contributed by atoms with Gasteiger partial charge in [-0.15, -0.1) is 0 Å². The van der Waals surface area contributed by atoms with Crippen LogP contribution in [0.3, 0.4) is 0 Å². The molecule has 1 heterocycles. The number of hydrogen-bond acceptors (Lipinski definition) is 3. The highest BCUT2D eigenvalue weighted by atomic mass is 32.2. The molecule has 102 valence electrons. The van der Waals surface area contributed by atoms with Crippen LogP contribution in [0.2, 0.25) is 0 Å². The minimum atomic E-state index is -0.920. The van der Waals surface area contributed by atoms with Crippen LogP contribution in [0, 0.1) is 0 Å². The SMILES string of the molecule is CC1OCCC1SCc1cccc(/C=C/C(=O)O)c1. The molecule has 1 aliphatic rings. The molecule has 0 aromatic heterocycles. The van der Waals surface area contributed by atoms with Crippen molar-refractivity contribution in [3.63, 3.8) is 0 Å². The summed E-state index contributed by atoms with van der Waals surface area (Å²) in [7, 11) is 0. The fraction of sp³-hybridized carbons (Fsp3) is 0.400. The monoisotopic (exact) mass is 278 g/mol. The number of ether oxygens (including phenoxy) is 1. The fourth-order valence-corrected chi connectivity index (χ4v) is 3.29. The Morgan fingerprint density at radius 3 is 3.11 bits per heavy atom. The molecule has 4 heteroatoms. The molecule has 0 spiro atoms. The van der Waals surface area contributed by atoms with Crippen LogP contribution in [0.15, 0.2) is 30.3 Å². The van der Waals surface area contributed by atoms with Gasteiger partial charge in [0.1, 0.15) is 0 Å². The first-order valence-electron chi connectivity index (χ1n) is 6.38. The van der Waals surface area contributed by atoms with E-state index in [1.54, 1.807) is 6.08 Å². The van der Waals surface area contributed by atoms with Crippen LogP contribution in [0.5, 0.6) is 0 Å². The Balaban J connectivity index is 1.93. The summed E-state index contributed by atoms with van der Waals surface area (Å²) in [6, 6.07) is 7.99. The second-order valence-corrected chi connectivity index (χ2v) is 5.86. The summed E-state index contributed by atoms with van der Waals surface area (Å²) in [6.45, 7) is 2.98. The van der Waals surface area contributed by atoms with Crippen molar-refractivity contribution in [2.24, 2.45) is 0 Å². The minimum absolute atomic E-state index is 0.333. The van der Waals surface area contributed by atoms with E-state index in [2.05, 4.69) is 13.0 Å². The lowest BCUT2D eigenvalue weighted by atomic mass is 10.1.